The van der Waals surface area contributed by atoms with Gasteiger partial charge in [-0.15, -0.1) is 0 Å². The van der Waals surface area contributed by atoms with E-state index < -0.39 is 0 Å². The summed E-state index contributed by atoms with van der Waals surface area (Å²) in [5.41, 5.74) is 2.55. The van der Waals surface area contributed by atoms with Gasteiger partial charge in [0.15, 0.2) is 6.61 Å². The van der Waals surface area contributed by atoms with Crippen LogP contribution in [0.1, 0.15) is 12.0 Å². The second kappa shape index (κ2) is 7.86. The van der Waals surface area contributed by atoms with Gasteiger partial charge < -0.3 is 15.0 Å². The van der Waals surface area contributed by atoms with Gasteiger partial charge in [0, 0.05) is 25.3 Å². The Bertz CT molecular complexity index is 672. The highest BCUT2D eigenvalue weighted by Gasteiger charge is 2.23. The van der Waals surface area contributed by atoms with Gasteiger partial charge >= 0.3 is 0 Å². The fourth-order valence-corrected chi connectivity index (χ4v) is 3.03. The van der Waals surface area contributed by atoms with Gasteiger partial charge in [-0.25, -0.2) is 0 Å². The fraction of sp³-hybridized carbons (Fsp3) is 0.350. The second-order valence-corrected chi connectivity index (χ2v) is 6.35. The SMILES string of the molecule is Cc1cccc(N2CCC(CNC(=O)COc3ccccc3)C2)c1. The molecule has 3 rings (SSSR count). The zero-order valence-corrected chi connectivity index (χ0v) is 14.1. The second-order valence-electron chi connectivity index (χ2n) is 6.35. The van der Waals surface area contributed by atoms with Crippen LogP contribution in [-0.2, 0) is 4.79 Å². The molecule has 1 aliphatic heterocycles. The highest BCUT2D eigenvalue weighted by atomic mass is 16.5. The number of ether oxygens (including phenoxy) is 1. The number of hydrogen-bond donors (Lipinski definition) is 1. The van der Waals surface area contributed by atoms with E-state index in [1.165, 1.54) is 11.3 Å². The molecule has 0 spiro atoms. The molecule has 126 valence electrons. The maximum Gasteiger partial charge on any atom is 0.257 e. The third-order valence-corrected chi connectivity index (χ3v) is 4.35. The minimum Gasteiger partial charge on any atom is -0.484 e. The number of benzene rings is 2. The quantitative estimate of drug-likeness (QED) is 0.888. The molecule has 0 aliphatic carbocycles. The van der Waals surface area contributed by atoms with Crippen LogP contribution in [0, 0.1) is 12.8 Å². The standard InChI is InChI=1S/C20H24N2O2/c1-16-6-5-7-18(12-16)22-11-10-17(14-22)13-21-20(23)15-24-19-8-3-2-4-9-19/h2-9,12,17H,10-11,13-15H2,1H3,(H,21,23). The van der Waals surface area contributed by atoms with Crippen LogP contribution in [0.25, 0.3) is 0 Å². The lowest BCUT2D eigenvalue weighted by atomic mass is 10.1. The number of hydrogen-bond acceptors (Lipinski definition) is 3. The molecule has 2 aromatic carbocycles. The zero-order chi connectivity index (χ0) is 16.8. The monoisotopic (exact) mass is 324 g/mol. The smallest absolute Gasteiger partial charge is 0.257 e. The van der Waals surface area contributed by atoms with Crippen LogP contribution < -0.4 is 15.0 Å². The molecular weight excluding hydrogens is 300 g/mol. The molecule has 24 heavy (non-hydrogen) atoms. The van der Waals surface area contributed by atoms with Crippen molar-refractivity contribution in [1.82, 2.24) is 5.32 Å². The summed E-state index contributed by atoms with van der Waals surface area (Å²) in [5, 5.41) is 2.99. The Hall–Kier alpha value is -2.49. The van der Waals surface area contributed by atoms with E-state index in [0.29, 0.717) is 12.5 Å². The number of carbonyl (C=O) groups excluding carboxylic acids is 1. The maximum absolute atomic E-state index is 11.9. The molecule has 1 N–H and O–H groups in total. The van der Waals surface area contributed by atoms with E-state index >= 15 is 0 Å². The summed E-state index contributed by atoms with van der Waals surface area (Å²) in [6, 6.07) is 18.0. The average Bonchev–Trinajstić information content (AvgIpc) is 3.08. The van der Waals surface area contributed by atoms with Gasteiger partial charge in [-0.05, 0) is 49.1 Å². The van der Waals surface area contributed by atoms with Gasteiger partial charge in [-0.3, -0.25) is 4.79 Å². The molecule has 0 radical (unpaired) electrons. The Kier molecular flexibility index (Phi) is 5.36. The number of aryl methyl sites for hydroxylation is 1. The highest BCUT2D eigenvalue weighted by Crippen LogP contribution is 2.24. The predicted octanol–water partition coefficient (Wildman–Crippen LogP) is 3.02. The Balaban J connectivity index is 1.40. The molecule has 1 atom stereocenters. The van der Waals surface area contributed by atoms with Crippen molar-refractivity contribution in [2.75, 3.05) is 31.1 Å². The number of rotatable bonds is 6. The minimum atomic E-state index is -0.0622. The van der Waals surface area contributed by atoms with Crippen molar-refractivity contribution in [3.8, 4) is 5.75 Å². The summed E-state index contributed by atoms with van der Waals surface area (Å²) in [6.07, 6.45) is 1.10. The molecule has 1 amide bonds. The topological polar surface area (TPSA) is 41.6 Å². The number of carbonyl (C=O) groups is 1. The largest absolute Gasteiger partial charge is 0.484 e. The molecule has 1 heterocycles. The molecule has 0 bridgehead atoms. The lowest BCUT2D eigenvalue weighted by Gasteiger charge is -2.19. The Morgan fingerprint density at radius 1 is 1.21 bits per heavy atom. The van der Waals surface area contributed by atoms with Crippen LogP contribution in [0.2, 0.25) is 0 Å². The van der Waals surface area contributed by atoms with E-state index in [9.17, 15) is 4.79 Å². The van der Waals surface area contributed by atoms with E-state index in [2.05, 4.69) is 41.4 Å². The lowest BCUT2D eigenvalue weighted by molar-refractivity contribution is -0.123. The number of anilines is 1. The molecule has 2 aromatic rings. The van der Waals surface area contributed by atoms with Crippen molar-refractivity contribution in [1.29, 1.82) is 0 Å². The van der Waals surface area contributed by atoms with Crippen LogP contribution in [0.5, 0.6) is 5.75 Å². The molecule has 4 nitrogen and oxygen atoms in total. The third-order valence-electron chi connectivity index (χ3n) is 4.35. The maximum atomic E-state index is 11.9. The molecule has 0 saturated carbocycles. The van der Waals surface area contributed by atoms with Crippen molar-refractivity contribution in [2.24, 2.45) is 5.92 Å². The number of nitrogens with one attached hydrogen (secondary N) is 1. The van der Waals surface area contributed by atoms with E-state index in [-0.39, 0.29) is 12.5 Å². The third kappa shape index (κ3) is 4.51. The van der Waals surface area contributed by atoms with Crippen LogP contribution in [0.4, 0.5) is 5.69 Å². The average molecular weight is 324 g/mol. The normalized spacial score (nSPS) is 16.9. The zero-order valence-electron chi connectivity index (χ0n) is 14.1. The van der Waals surface area contributed by atoms with Crippen molar-refractivity contribution in [3.63, 3.8) is 0 Å². The van der Waals surface area contributed by atoms with Gasteiger partial charge in [0.1, 0.15) is 5.75 Å². The molecule has 1 saturated heterocycles. The molecule has 1 unspecified atom stereocenters. The van der Waals surface area contributed by atoms with Crippen molar-refractivity contribution >= 4 is 11.6 Å². The molecule has 0 aromatic heterocycles. The first-order chi connectivity index (χ1) is 11.7. The van der Waals surface area contributed by atoms with E-state index in [1.807, 2.05) is 30.3 Å². The Morgan fingerprint density at radius 3 is 2.83 bits per heavy atom. The van der Waals surface area contributed by atoms with Crippen molar-refractivity contribution < 1.29 is 9.53 Å². The summed E-state index contributed by atoms with van der Waals surface area (Å²) in [5.74, 6) is 1.15. The van der Waals surface area contributed by atoms with E-state index in [0.717, 1.165) is 25.3 Å². The van der Waals surface area contributed by atoms with Crippen molar-refractivity contribution in [2.45, 2.75) is 13.3 Å². The number of amides is 1. The highest BCUT2D eigenvalue weighted by molar-refractivity contribution is 5.77. The fourth-order valence-electron chi connectivity index (χ4n) is 3.03. The summed E-state index contributed by atoms with van der Waals surface area (Å²) in [7, 11) is 0. The molecule has 4 heteroatoms. The molecule has 1 aliphatic rings. The van der Waals surface area contributed by atoms with Crippen LogP contribution >= 0.6 is 0 Å². The minimum absolute atomic E-state index is 0.0622. The van der Waals surface area contributed by atoms with Gasteiger partial charge in [0.25, 0.3) is 5.91 Å². The van der Waals surface area contributed by atoms with Gasteiger partial charge in [0.2, 0.25) is 0 Å². The summed E-state index contributed by atoms with van der Waals surface area (Å²) in [6.45, 7) is 4.93. The predicted molar refractivity (Wildman–Crippen MR) is 96.4 cm³/mol. The Labute approximate surface area is 143 Å². The first kappa shape index (κ1) is 16.4. The first-order valence-corrected chi connectivity index (χ1v) is 8.47. The van der Waals surface area contributed by atoms with Crippen LogP contribution in [-0.4, -0.2) is 32.1 Å². The Morgan fingerprint density at radius 2 is 2.04 bits per heavy atom. The first-order valence-electron chi connectivity index (χ1n) is 8.47. The lowest BCUT2D eigenvalue weighted by Crippen LogP contribution is -2.34. The van der Waals surface area contributed by atoms with Gasteiger partial charge in [-0.1, -0.05) is 30.3 Å². The number of para-hydroxylation sites is 1. The van der Waals surface area contributed by atoms with Gasteiger partial charge in [-0.2, -0.15) is 0 Å². The van der Waals surface area contributed by atoms with E-state index in [1.54, 1.807) is 0 Å². The summed E-state index contributed by atoms with van der Waals surface area (Å²) < 4.78 is 5.46. The van der Waals surface area contributed by atoms with Crippen LogP contribution in [0.15, 0.2) is 54.6 Å². The summed E-state index contributed by atoms with van der Waals surface area (Å²) >= 11 is 0. The molecular formula is C20H24N2O2. The number of nitrogens with zero attached hydrogens (tertiary/aromatic N) is 1. The summed E-state index contributed by atoms with van der Waals surface area (Å²) in [4.78, 5) is 14.3. The van der Waals surface area contributed by atoms with Crippen molar-refractivity contribution in [3.05, 3.63) is 60.2 Å². The van der Waals surface area contributed by atoms with Crippen LogP contribution in [0.3, 0.4) is 0 Å². The van der Waals surface area contributed by atoms with E-state index in [4.69, 9.17) is 4.74 Å². The molecule has 1 fully saturated rings. The van der Waals surface area contributed by atoms with Gasteiger partial charge in [0.05, 0.1) is 0 Å².